The monoisotopic (exact) mass is 340 g/mol. The Morgan fingerprint density at radius 2 is 1.76 bits per heavy atom. The normalized spacial score (nSPS) is 11.3. The Labute approximate surface area is 128 Å². The standard InChI is InChI=1S/C17H9BrO3/c18-17-12(7-8-20-17)16(19)10-5-6-15-13(9-10)11-3-1-2-4-14(11)21-15/h1-9H. The number of rotatable bonds is 2. The van der Waals surface area contributed by atoms with E-state index in [1.165, 1.54) is 6.26 Å². The summed E-state index contributed by atoms with van der Waals surface area (Å²) < 4.78 is 11.3. The van der Waals surface area contributed by atoms with Crippen molar-refractivity contribution < 1.29 is 13.6 Å². The van der Waals surface area contributed by atoms with Crippen LogP contribution < -0.4 is 0 Å². The molecular formula is C17H9BrO3. The first-order valence-electron chi connectivity index (χ1n) is 6.43. The van der Waals surface area contributed by atoms with E-state index in [0.29, 0.717) is 15.8 Å². The number of furan rings is 2. The molecule has 2 aromatic heterocycles. The number of fused-ring (bicyclic) bond motifs is 3. The van der Waals surface area contributed by atoms with Crippen molar-refractivity contribution in [2.24, 2.45) is 0 Å². The number of ketones is 1. The largest absolute Gasteiger partial charge is 0.457 e. The fourth-order valence-electron chi connectivity index (χ4n) is 2.48. The lowest BCUT2D eigenvalue weighted by molar-refractivity contribution is 0.103. The molecule has 4 heteroatoms. The third-order valence-electron chi connectivity index (χ3n) is 3.50. The van der Waals surface area contributed by atoms with Crippen molar-refractivity contribution in [1.82, 2.24) is 0 Å². The lowest BCUT2D eigenvalue weighted by atomic mass is 10.0. The first kappa shape index (κ1) is 12.4. The van der Waals surface area contributed by atoms with Gasteiger partial charge >= 0.3 is 0 Å². The first-order valence-corrected chi connectivity index (χ1v) is 7.22. The molecule has 0 aliphatic rings. The van der Waals surface area contributed by atoms with Crippen molar-refractivity contribution in [2.75, 3.05) is 0 Å². The Bertz CT molecular complexity index is 978. The SMILES string of the molecule is O=C(c1ccc2oc3ccccc3c2c1)c1ccoc1Br. The van der Waals surface area contributed by atoms with E-state index in [1.807, 2.05) is 36.4 Å². The summed E-state index contributed by atoms with van der Waals surface area (Å²) in [6.45, 7) is 0. The summed E-state index contributed by atoms with van der Waals surface area (Å²) in [4.78, 5) is 12.5. The lowest BCUT2D eigenvalue weighted by Gasteiger charge is -1.99. The Balaban J connectivity index is 1.92. The maximum Gasteiger partial charge on any atom is 0.197 e. The van der Waals surface area contributed by atoms with Gasteiger partial charge in [0.05, 0.1) is 11.8 Å². The fourth-order valence-corrected chi connectivity index (χ4v) is 2.90. The highest BCUT2D eigenvalue weighted by atomic mass is 79.9. The van der Waals surface area contributed by atoms with Crippen molar-refractivity contribution in [3.63, 3.8) is 0 Å². The van der Waals surface area contributed by atoms with Crippen LogP contribution in [0.1, 0.15) is 15.9 Å². The highest BCUT2D eigenvalue weighted by molar-refractivity contribution is 9.10. The van der Waals surface area contributed by atoms with Gasteiger partial charge in [-0.25, -0.2) is 0 Å². The highest BCUT2D eigenvalue weighted by Gasteiger charge is 2.16. The molecule has 0 saturated carbocycles. The van der Waals surface area contributed by atoms with Crippen LogP contribution >= 0.6 is 15.9 Å². The molecule has 4 aromatic rings. The van der Waals surface area contributed by atoms with Gasteiger partial charge in [-0.05, 0) is 46.3 Å². The quantitative estimate of drug-likeness (QED) is 0.472. The highest BCUT2D eigenvalue weighted by Crippen LogP contribution is 2.30. The summed E-state index contributed by atoms with van der Waals surface area (Å²) in [5, 5.41) is 1.95. The Kier molecular flexibility index (Phi) is 2.72. The van der Waals surface area contributed by atoms with Crippen LogP contribution in [-0.4, -0.2) is 5.78 Å². The third-order valence-corrected chi connectivity index (χ3v) is 4.12. The molecule has 0 aliphatic carbocycles. The van der Waals surface area contributed by atoms with Crippen LogP contribution in [0.25, 0.3) is 21.9 Å². The van der Waals surface area contributed by atoms with E-state index >= 15 is 0 Å². The molecule has 0 unspecified atom stereocenters. The zero-order chi connectivity index (χ0) is 14.4. The second-order valence-corrected chi connectivity index (χ2v) is 5.47. The molecule has 102 valence electrons. The maximum absolute atomic E-state index is 12.5. The molecule has 2 aromatic carbocycles. The van der Waals surface area contributed by atoms with Crippen LogP contribution in [0.4, 0.5) is 0 Å². The maximum atomic E-state index is 12.5. The van der Waals surface area contributed by atoms with Gasteiger partial charge in [-0.2, -0.15) is 0 Å². The first-order chi connectivity index (χ1) is 10.2. The molecule has 3 nitrogen and oxygen atoms in total. The van der Waals surface area contributed by atoms with Gasteiger partial charge in [-0.3, -0.25) is 4.79 Å². The smallest absolute Gasteiger partial charge is 0.197 e. The van der Waals surface area contributed by atoms with Gasteiger partial charge in [-0.15, -0.1) is 0 Å². The minimum atomic E-state index is -0.0807. The minimum absolute atomic E-state index is 0.0807. The van der Waals surface area contributed by atoms with Crippen molar-refractivity contribution in [2.45, 2.75) is 0 Å². The average Bonchev–Trinajstić information content (AvgIpc) is 3.09. The van der Waals surface area contributed by atoms with Gasteiger partial charge in [0.1, 0.15) is 11.2 Å². The molecule has 0 bridgehead atoms. The van der Waals surface area contributed by atoms with Crippen LogP contribution in [0.5, 0.6) is 0 Å². The third kappa shape index (κ3) is 1.91. The van der Waals surface area contributed by atoms with Gasteiger partial charge in [0, 0.05) is 16.3 Å². The van der Waals surface area contributed by atoms with E-state index in [4.69, 9.17) is 8.83 Å². The van der Waals surface area contributed by atoms with Crippen molar-refractivity contribution in [1.29, 1.82) is 0 Å². The number of para-hydroxylation sites is 1. The summed E-state index contributed by atoms with van der Waals surface area (Å²) in [5.41, 5.74) is 2.72. The van der Waals surface area contributed by atoms with E-state index in [9.17, 15) is 4.79 Å². The Hall–Kier alpha value is -2.33. The van der Waals surface area contributed by atoms with E-state index in [-0.39, 0.29) is 5.78 Å². The van der Waals surface area contributed by atoms with Crippen molar-refractivity contribution in [3.8, 4) is 0 Å². The van der Waals surface area contributed by atoms with Gasteiger partial charge in [0.15, 0.2) is 10.5 Å². The summed E-state index contributed by atoms with van der Waals surface area (Å²) in [5.74, 6) is -0.0807. The van der Waals surface area contributed by atoms with E-state index < -0.39 is 0 Å². The zero-order valence-corrected chi connectivity index (χ0v) is 12.4. The summed E-state index contributed by atoms with van der Waals surface area (Å²) >= 11 is 3.24. The van der Waals surface area contributed by atoms with Gasteiger partial charge in [0.25, 0.3) is 0 Å². The van der Waals surface area contributed by atoms with E-state index in [2.05, 4.69) is 15.9 Å². The number of hydrogen-bond acceptors (Lipinski definition) is 3. The second kappa shape index (κ2) is 4.60. The Morgan fingerprint density at radius 3 is 2.57 bits per heavy atom. The minimum Gasteiger partial charge on any atom is -0.457 e. The molecule has 0 spiro atoms. The molecule has 0 saturated heterocycles. The summed E-state index contributed by atoms with van der Waals surface area (Å²) in [6, 6.07) is 14.9. The van der Waals surface area contributed by atoms with Gasteiger partial charge in [0.2, 0.25) is 0 Å². The van der Waals surface area contributed by atoms with Crippen LogP contribution in [-0.2, 0) is 0 Å². The van der Waals surface area contributed by atoms with Crippen molar-refractivity contribution >= 4 is 43.7 Å². The molecule has 0 atom stereocenters. The Morgan fingerprint density at radius 1 is 0.952 bits per heavy atom. The number of carbonyl (C=O) groups excluding carboxylic acids is 1. The molecule has 0 amide bonds. The molecule has 4 rings (SSSR count). The van der Waals surface area contributed by atoms with Crippen LogP contribution in [0.3, 0.4) is 0 Å². The predicted molar refractivity (Wildman–Crippen MR) is 83.6 cm³/mol. The molecule has 0 N–H and O–H groups in total. The summed E-state index contributed by atoms with van der Waals surface area (Å²) in [6.07, 6.45) is 1.49. The number of benzene rings is 2. The summed E-state index contributed by atoms with van der Waals surface area (Å²) in [7, 11) is 0. The van der Waals surface area contributed by atoms with E-state index in [0.717, 1.165) is 21.9 Å². The second-order valence-electron chi connectivity index (χ2n) is 4.75. The molecular weight excluding hydrogens is 332 g/mol. The molecule has 0 aliphatic heterocycles. The zero-order valence-electron chi connectivity index (χ0n) is 10.8. The van der Waals surface area contributed by atoms with Gasteiger partial charge in [-0.1, -0.05) is 18.2 Å². The predicted octanol–water partition coefficient (Wildman–Crippen LogP) is 5.17. The average molecular weight is 341 g/mol. The van der Waals surface area contributed by atoms with Gasteiger partial charge < -0.3 is 8.83 Å². The number of hydrogen-bond donors (Lipinski definition) is 0. The van der Waals surface area contributed by atoms with Crippen LogP contribution in [0.15, 0.2) is 68.3 Å². The molecule has 2 heterocycles. The molecule has 0 fully saturated rings. The molecule has 0 radical (unpaired) electrons. The fraction of sp³-hybridized carbons (Fsp3) is 0. The van der Waals surface area contributed by atoms with Crippen LogP contribution in [0.2, 0.25) is 0 Å². The lowest BCUT2D eigenvalue weighted by Crippen LogP contribution is -1.99. The van der Waals surface area contributed by atoms with Crippen LogP contribution in [0, 0.1) is 0 Å². The van der Waals surface area contributed by atoms with E-state index in [1.54, 1.807) is 12.1 Å². The number of halogens is 1. The molecule has 21 heavy (non-hydrogen) atoms. The topological polar surface area (TPSA) is 43.4 Å². The number of carbonyl (C=O) groups is 1. The van der Waals surface area contributed by atoms with Crippen molar-refractivity contribution in [3.05, 3.63) is 70.6 Å².